The Labute approximate surface area is 115 Å². The fourth-order valence-electron chi connectivity index (χ4n) is 2.85. The third kappa shape index (κ3) is 3.80. The highest BCUT2D eigenvalue weighted by atomic mass is 16.5. The summed E-state index contributed by atoms with van der Waals surface area (Å²) >= 11 is 0. The molecule has 3 heteroatoms. The van der Waals surface area contributed by atoms with Crippen LogP contribution < -0.4 is 0 Å². The molecule has 0 radical (unpaired) electrons. The molecule has 0 aromatic heterocycles. The first-order valence-corrected chi connectivity index (χ1v) is 7.08. The fraction of sp³-hybridized carbons (Fsp3) is 0.562. The zero-order valence-corrected chi connectivity index (χ0v) is 11.9. The summed E-state index contributed by atoms with van der Waals surface area (Å²) in [6, 6.07) is 8.43. The first-order valence-electron chi connectivity index (χ1n) is 7.08. The first kappa shape index (κ1) is 14.1. The number of esters is 1. The lowest BCUT2D eigenvalue weighted by atomic mass is 9.94. The monoisotopic (exact) mass is 261 g/mol. The van der Waals surface area contributed by atoms with Crippen molar-refractivity contribution in [2.45, 2.75) is 44.7 Å². The standard InChI is InChI=1S/C16H23NO2/c1-17(15-9-4-3-5-10-15)12-13-7-6-8-14(11-13)16(18)19-2/h6-8,11,15H,3-5,9-10,12H2,1-2H3. The first-order chi connectivity index (χ1) is 9.20. The Hall–Kier alpha value is -1.35. The van der Waals surface area contributed by atoms with E-state index in [9.17, 15) is 4.79 Å². The third-order valence-corrected chi connectivity index (χ3v) is 3.98. The van der Waals surface area contributed by atoms with Crippen LogP contribution in [0.1, 0.15) is 48.0 Å². The maximum atomic E-state index is 11.5. The van der Waals surface area contributed by atoms with E-state index in [2.05, 4.69) is 18.0 Å². The molecule has 1 aliphatic carbocycles. The number of nitrogens with zero attached hydrogens (tertiary/aromatic N) is 1. The van der Waals surface area contributed by atoms with Crippen molar-refractivity contribution in [1.82, 2.24) is 4.90 Å². The lowest BCUT2D eigenvalue weighted by Crippen LogP contribution is -2.32. The molecular weight excluding hydrogens is 238 g/mol. The van der Waals surface area contributed by atoms with E-state index in [1.807, 2.05) is 12.1 Å². The van der Waals surface area contributed by atoms with Crippen LogP contribution in [0.4, 0.5) is 0 Å². The Morgan fingerprint density at radius 3 is 2.74 bits per heavy atom. The van der Waals surface area contributed by atoms with Gasteiger partial charge in [-0.05, 0) is 37.6 Å². The number of carbonyl (C=O) groups excluding carboxylic acids is 1. The Morgan fingerprint density at radius 2 is 2.05 bits per heavy atom. The molecule has 0 atom stereocenters. The summed E-state index contributed by atoms with van der Waals surface area (Å²) in [7, 11) is 3.60. The number of ether oxygens (including phenoxy) is 1. The highest BCUT2D eigenvalue weighted by Crippen LogP contribution is 2.23. The normalized spacial score (nSPS) is 16.6. The van der Waals surface area contributed by atoms with Crippen LogP contribution >= 0.6 is 0 Å². The molecule has 1 fully saturated rings. The van der Waals surface area contributed by atoms with E-state index in [1.54, 1.807) is 6.07 Å². The highest BCUT2D eigenvalue weighted by Gasteiger charge is 2.18. The molecule has 1 aromatic rings. The largest absolute Gasteiger partial charge is 0.465 e. The van der Waals surface area contributed by atoms with Crippen molar-refractivity contribution in [2.75, 3.05) is 14.2 Å². The van der Waals surface area contributed by atoms with E-state index in [4.69, 9.17) is 4.74 Å². The van der Waals surface area contributed by atoms with Gasteiger partial charge in [-0.1, -0.05) is 31.4 Å². The predicted octanol–water partition coefficient (Wildman–Crippen LogP) is 3.24. The molecule has 0 unspecified atom stereocenters. The average molecular weight is 261 g/mol. The number of carbonyl (C=O) groups is 1. The summed E-state index contributed by atoms with van der Waals surface area (Å²) in [5.74, 6) is -0.262. The predicted molar refractivity (Wildman–Crippen MR) is 76.1 cm³/mol. The number of hydrogen-bond acceptors (Lipinski definition) is 3. The minimum Gasteiger partial charge on any atom is -0.465 e. The van der Waals surface area contributed by atoms with E-state index < -0.39 is 0 Å². The second kappa shape index (κ2) is 6.71. The molecule has 0 N–H and O–H groups in total. The van der Waals surface area contributed by atoms with Crippen molar-refractivity contribution in [2.24, 2.45) is 0 Å². The Balaban J connectivity index is 1.99. The number of hydrogen-bond donors (Lipinski definition) is 0. The van der Waals surface area contributed by atoms with Crippen molar-refractivity contribution >= 4 is 5.97 Å². The Kier molecular flexibility index (Phi) is 4.97. The molecule has 19 heavy (non-hydrogen) atoms. The Bertz CT molecular complexity index is 425. The Morgan fingerprint density at radius 1 is 1.32 bits per heavy atom. The summed E-state index contributed by atoms with van der Waals surface area (Å²) in [5, 5.41) is 0. The van der Waals surface area contributed by atoms with Crippen LogP contribution in [-0.2, 0) is 11.3 Å². The van der Waals surface area contributed by atoms with Crippen LogP contribution in [0.25, 0.3) is 0 Å². The fourth-order valence-corrected chi connectivity index (χ4v) is 2.85. The second-order valence-corrected chi connectivity index (χ2v) is 5.40. The molecule has 1 aliphatic rings. The minimum absolute atomic E-state index is 0.262. The van der Waals surface area contributed by atoms with Crippen LogP contribution in [0.3, 0.4) is 0 Å². The molecule has 1 aromatic carbocycles. The van der Waals surface area contributed by atoms with Gasteiger partial charge in [0.25, 0.3) is 0 Å². The molecule has 0 aliphatic heterocycles. The van der Waals surface area contributed by atoms with Crippen molar-refractivity contribution in [1.29, 1.82) is 0 Å². The smallest absolute Gasteiger partial charge is 0.337 e. The number of rotatable bonds is 4. The zero-order valence-electron chi connectivity index (χ0n) is 11.9. The summed E-state index contributed by atoms with van der Waals surface area (Å²) in [6.07, 6.45) is 6.66. The van der Waals surface area contributed by atoms with Crippen LogP contribution in [0.15, 0.2) is 24.3 Å². The van der Waals surface area contributed by atoms with E-state index in [0.717, 1.165) is 6.54 Å². The maximum absolute atomic E-state index is 11.5. The van der Waals surface area contributed by atoms with Gasteiger partial charge in [-0.3, -0.25) is 4.90 Å². The van der Waals surface area contributed by atoms with Gasteiger partial charge in [-0.15, -0.1) is 0 Å². The zero-order chi connectivity index (χ0) is 13.7. The lowest BCUT2D eigenvalue weighted by Gasteiger charge is -2.31. The van der Waals surface area contributed by atoms with E-state index in [-0.39, 0.29) is 5.97 Å². The average Bonchev–Trinajstić information content (AvgIpc) is 2.47. The van der Waals surface area contributed by atoms with Crippen molar-refractivity contribution in [3.05, 3.63) is 35.4 Å². The van der Waals surface area contributed by atoms with E-state index >= 15 is 0 Å². The molecule has 0 bridgehead atoms. The van der Waals surface area contributed by atoms with Crippen LogP contribution in [0.2, 0.25) is 0 Å². The second-order valence-electron chi connectivity index (χ2n) is 5.40. The molecular formula is C16H23NO2. The van der Waals surface area contributed by atoms with Gasteiger partial charge in [-0.2, -0.15) is 0 Å². The maximum Gasteiger partial charge on any atom is 0.337 e. The molecule has 0 amide bonds. The summed E-state index contributed by atoms with van der Waals surface area (Å²) in [5.41, 5.74) is 1.81. The number of methoxy groups -OCH3 is 1. The highest BCUT2D eigenvalue weighted by molar-refractivity contribution is 5.89. The van der Waals surface area contributed by atoms with Crippen molar-refractivity contribution in [3.63, 3.8) is 0 Å². The molecule has 0 saturated heterocycles. The van der Waals surface area contributed by atoms with Gasteiger partial charge < -0.3 is 4.74 Å². The van der Waals surface area contributed by atoms with Gasteiger partial charge in [0.1, 0.15) is 0 Å². The van der Waals surface area contributed by atoms with Crippen molar-refractivity contribution < 1.29 is 9.53 Å². The molecule has 1 saturated carbocycles. The van der Waals surface area contributed by atoms with E-state index in [0.29, 0.717) is 11.6 Å². The van der Waals surface area contributed by atoms with Crippen LogP contribution in [0, 0.1) is 0 Å². The third-order valence-electron chi connectivity index (χ3n) is 3.98. The lowest BCUT2D eigenvalue weighted by molar-refractivity contribution is 0.0600. The summed E-state index contributed by atoms with van der Waals surface area (Å²) in [6.45, 7) is 0.898. The molecule has 0 heterocycles. The molecule has 2 rings (SSSR count). The van der Waals surface area contributed by atoms with E-state index in [1.165, 1.54) is 44.8 Å². The van der Waals surface area contributed by atoms with Gasteiger partial charge in [0.05, 0.1) is 12.7 Å². The van der Waals surface area contributed by atoms with Gasteiger partial charge in [0.15, 0.2) is 0 Å². The summed E-state index contributed by atoms with van der Waals surface area (Å²) in [4.78, 5) is 13.9. The topological polar surface area (TPSA) is 29.5 Å². The molecule has 3 nitrogen and oxygen atoms in total. The van der Waals surface area contributed by atoms with Gasteiger partial charge >= 0.3 is 5.97 Å². The van der Waals surface area contributed by atoms with Gasteiger partial charge in [0.2, 0.25) is 0 Å². The molecule has 104 valence electrons. The summed E-state index contributed by atoms with van der Waals surface area (Å²) < 4.78 is 4.76. The van der Waals surface area contributed by atoms with Crippen LogP contribution in [0.5, 0.6) is 0 Å². The quantitative estimate of drug-likeness (QED) is 0.779. The van der Waals surface area contributed by atoms with Crippen molar-refractivity contribution in [3.8, 4) is 0 Å². The van der Waals surface area contributed by atoms with Gasteiger partial charge in [0, 0.05) is 12.6 Å². The number of benzene rings is 1. The minimum atomic E-state index is -0.262. The SMILES string of the molecule is COC(=O)c1cccc(CN(C)C2CCCCC2)c1. The van der Waals surface area contributed by atoms with Crippen LogP contribution in [-0.4, -0.2) is 31.1 Å². The molecule has 0 spiro atoms. The van der Waals surface area contributed by atoms with Gasteiger partial charge in [-0.25, -0.2) is 4.79 Å².